The normalized spacial score (nSPS) is 22.6. The van der Waals surface area contributed by atoms with Gasteiger partial charge in [0.25, 0.3) is 0 Å². The van der Waals surface area contributed by atoms with Crippen LogP contribution in [-0.2, 0) is 0 Å². The number of likely N-dealkylation sites (tertiary alicyclic amines) is 1. The Balaban J connectivity index is 1.94. The average Bonchev–Trinajstić information content (AvgIpc) is 2.75. The van der Waals surface area contributed by atoms with Gasteiger partial charge in [0.05, 0.1) is 11.7 Å². The van der Waals surface area contributed by atoms with Crippen molar-refractivity contribution in [2.45, 2.75) is 50.9 Å². The van der Waals surface area contributed by atoms with Gasteiger partial charge >= 0.3 is 0 Å². The van der Waals surface area contributed by atoms with Gasteiger partial charge in [0, 0.05) is 12.6 Å². The zero-order valence-corrected chi connectivity index (χ0v) is 11.9. The van der Waals surface area contributed by atoms with E-state index in [1.807, 2.05) is 44.2 Å². The largest absolute Gasteiger partial charge is 0.389 e. The second-order valence-electron chi connectivity index (χ2n) is 6.24. The lowest BCUT2D eigenvalue weighted by atomic mass is 9.99. The molecule has 0 radical (unpaired) electrons. The molecule has 2 atom stereocenters. The van der Waals surface area contributed by atoms with E-state index in [0.717, 1.165) is 31.4 Å². The maximum atomic E-state index is 10.3. The van der Waals surface area contributed by atoms with Crippen LogP contribution in [0.15, 0.2) is 30.3 Å². The van der Waals surface area contributed by atoms with E-state index in [-0.39, 0.29) is 0 Å². The maximum absolute atomic E-state index is 10.3. The van der Waals surface area contributed by atoms with Gasteiger partial charge in [-0.1, -0.05) is 30.3 Å². The third kappa shape index (κ3) is 4.30. The highest BCUT2D eigenvalue weighted by Gasteiger charge is 2.30. The second-order valence-corrected chi connectivity index (χ2v) is 6.24. The van der Waals surface area contributed by atoms with Crippen LogP contribution in [0, 0.1) is 0 Å². The first-order valence-electron chi connectivity index (χ1n) is 7.15. The molecule has 1 aliphatic heterocycles. The summed E-state index contributed by atoms with van der Waals surface area (Å²) >= 11 is 0. The number of hydrogen-bond acceptors (Lipinski definition) is 3. The summed E-state index contributed by atoms with van der Waals surface area (Å²) in [5.41, 5.74) is 0.318. The number of nitrogens with zero attached hydrogens (tertiary/aromatic N) is 1. The molecule has 19 heavy (non-hydrogen) atoms. The van der Waals surface area contributed by atoms with Gasteiger partial charge in [0.1, 0.15) is 0 Å². The minimum atomic E-state index is -0.666. The molecule has 3 heteroatoms. The summed E-state index contributed by atoms with van der Waals surface area (Å²) in [6.45, 7) is 5.39. The van der Waals surface area contributed by atoms with Crippen LogP contribution in [0.5, 0.6) is 0 Å². The standard InChI is InChI=1S/C16H25NO2/c1-16(2,19)12-17-10-6-9-14(17)11-15(18)13-7-4-3-5-8-13/h3-5,7-8,14-15,18-19H,6,9-12H2,1-2H3/t14-,15+/m0/s1. The van der Waals surface area contributed by atoms with Gasteiger partial charge in [-0.15, -0.1) is 0 Å². The molecule has 0 amide bonds. The molecule has 0 aliphatic carbocycles. The lowest BCUT2D eigenvalue weighted by molar-refractivity contribution is 0.0227. The Morgan fingerprint density at radius 1 is 1.32 bits per heavy atom. The van der Waals surface area contributed by atoms with Crippen molar-refractivity contribution in [1.82, 2.24) is 4.90 Å². The average molecular weight is 263 g/mol. The lowest BCUT2D eigenvalue weighted by Crippen LogP contribution is -2.41. The molecule has 1 aromatic rings. The molecular formula is C16H25NO2. The van der Waals surface area contributed by atoms with Crippen LogP contribution in [0.2, 0.25) is 0 Å². The maximum Gasteiger partial charge on any atom is 0.0805 e. The molecule has 1 saturated heterocycles. The summed E-state index contributed by atoms with van der Waals surface area (Å²) in [5, 5.41) is 20.3. The Hall–Kier alpha value is -0.900. The fourth-order valence-corrected chi connectivity index (χ4v) is 2.94. The molecule has 0 bridgehead atoms. The van der Waals surface area contributed by atoms with Gasteiger partial charge in [-0.2, -0.15) is 0 Å². The molecule has 1 aromatic carbocycles. The first kappa shape index (κ1) is 14.5. The van der Waals surface area contributed by atoms with Crippen molar-refractivity contribution in [2.24, 2.45) is 0 Å². The molecule has 1 aliphatic rings. The third-order valence-corrected chi connectivity index (χ3v) is 3.77. The highest BCUT2D eigenvalue weighted by Crippen LogP contribution is 2.28. The van der Waals surface area contributed by atoms with Crippen molar-refractivity contribution >= 4 is 0 Å². The highest BCUT2D eigenvalue weighted by molar-refractivity contribution is 5.17. The van der Waals surface area contributed by atoms with Crippen LogP contribution >= 0.6 is 0 Å². The van der Waals surface area contributed by atoms with E-state index in [4.69, 9.17) is 0 Å². The van der Waals surface area contributed by atoms with Crippen molar-refractivity contribution in [2.75, 3.05) is 13.1 Å². The highest BCUT2D eigenvalue weighted by atomic mass is 16.3. The van der Waals surface area contributed by atoms with E-state index >= 15 is 0 Å². The van der Waals surface area contributed by atoms with Crippen LogP contribution in [0.3, 0.4) is 0 Å². The minimum absolute atomic E-state index is 0.377. The fraction of sp³-hybridized carbons (Fsp3) is 0.625. The molecule has 0 unspecified atom stereocenters. The molecule has 1 fully saturated rings. The Morgan fingerprint density at radius 2 is 2.00 bits per heavy atom. The van der Waals surface area contributed by atoms with Crippen molar-refractivity contribution in [3.63, 3.8) is 0 Å². The van der Waals surface area contributed by atoms with Crippen LogP contribution < -0.4 is 0 Å². The molecule has 1 heterocycles. The Morgan fingerprint density at radius 3 is 2.63 bits per heavy atom. The lowest BCUT2D eigenvalue weighted by Gasteiger charge is -2.31. The van der Waals surface area contributed by atoms with E-state index in [9.17, 15) is 10.2 Å². The van der Waals surface area contributed by atoms with Crippen LogP contribution in [0.25, 0.3) is 0 Å². The number of β-amino-alcohol motifs (C(OH)–C–C–N with tert-alkyl or cyclic N) is 1. The molecular weight excluding hydrogens is 238 g/mol. The van der Waals surface area contributed by atoms with Crippen LogP contribution in [-0.4, -0.2) is 39.8 Å². The molecule has 2 rings (SSSR count). The van der Waals surface area contributed by atoms with Gasteiger partial charge in [0.2, 0.25) is 0 Å². The van der Waals surface area contributed by atoms with Crippen LogP contribution in [0.1, 0.15) is 44.8 Å². The first-order valence-corrected chi connectivity index (χ1v) is 7.15. The fourth-order valence-electron chi connectivity index (χ4n) is 2.94. The van der Waals surface area contributed by atoms with E-state index in [2.05, 4.69) is 4.90 Å². The minimum Gasteiger partial charge on any atom is -0.389 e. The zero-order chi connectivity index (χ0) is 13.9. The van der Waals surface area contributed by atoms with Crippen LogP contribution in [0.4, 0.5) is 0 Å². The molecule has 0 spiro atoms. The molecule has 2 N–H and O–H groups in total. The molecule has 0 saturated carbocycles. The van der Waals surface area contributed by atoms with Gasteiger partial charge in [0.15, 0.2) is 0 Å². The van der Waals surface area contributed by atoms with E-state index in [1.165, 1.54) is 0 Å². The van der Waals surface area contributed by atoms with E-state index in [1.54, 1.807) is 0 Å². The number of hydrogen-bond donors (Lipinski definition) is 2. The van der Waals surface area contributed by atoms with Gasteiger partial charge in [-0.25, -0.2) is 0 Å². The molecule has 106 valence electrons. The number of aliphatic hydroxyl groups excluding tert-OH is 1. The molecule has 0 aromatic heterocycles. The summed E-state index contributed by atoms with van der Waals surface area (Å²) in [4.78, 5) is 2.31. The Bertz CT molecular complexity index is 385. The van der Waals surface area contributed by atoms with Gasteiger partial charge in [-0.3, -0.25) is 4.90 Å². The Kier molecular flexibility index (Phi) is 4.61. The SMILES string of the molecule is CC(C)(O)CN1CCC[C@H]1C[C@@H](O)c1ccccc1. The summed E-state index contributed by atoms with van der Waals surface area (Å²) in [6.07, 6.45) is 2.61. The van der Waals surface area contributed by atoms with Crippen molar-refractivity contribution in [3.8, 4) is 0 Å². The number of aliphatic hydroxyl groups is 2. The summed E-state index contributed by atoms with van der Waals surface area (Å²) < 4.78 is 0. The topological polar surface area (TPSA) is 43.7 Å². The third-order valence-electron chi connectivity index (χ3n) is 3.77. The predicted molar refractivity (Wildman–Crippen MR) is 76.9 cm³/mol. The van der Waals surface area contributed by atoms with Gasteiger partial charge < -0.3 is 10.2 Å². The van der Waals surface area contributed by atoms with Crippen molar-refractivity contribution in [3.05, 3.63) is 35.9 Å². The summed E-state index contributed by atoms with van der Waals surface area (Å²) in [6, 6.07) is 10.2. The predicted octanol–water partition coefficient (Wildman–Crippen LogP) is 2.35. The zero-order valence-electron chi connectivity index (χ0n) is 11.9. The summed E-state index contributed by atoms with van der Waals surface area (Å²) in [7, 11) is 0. The quantitative estimate of drug-likeness (QED) is 0.857. The Labute approximate surface area is 115 Å². The smallest absolute Gasteiger partial charge is 0.0805 e. The molecule has 3 nitrogen and oxygen atoms in total. The number of rotatable bonds is 5. The van der Waals surface area contributed by atoms with Crippen molar-refractivity contribution < 1.29 is 10.2 Å². The monoisotopic (exact) mass is 263 g/mol. The van der Waals surface area contributed by atoms with E-state index < -0.39 is 11.7 Å². The second kappa shape index (κ2) is 6.04. The van der Waals surface area contributed by atoms with Crippen molar-refractivity contribution in [1.29, 1.82) is 0 Å². The van der Waals surface area contributed by atoms with Gasteiger partial charge in [-0.05, 0) is 45.2 Å². The first-order chi connectivity index (χ1) is 8.96. The van der Waals surface area contributed by atoms with E-state index in [0.29, 0.717) is 12.6 Å². The summed E-state index contributed by atoms with van der Waals surface area (Å²) in [5.74, 6) is 0. The number of benzene rings is 1.